The molecule has 0 unspecified atom stereocenters. The van der Waals surface area contributed by atoms with Gasteiger partial charge in [-0.15, -0.1) is 0 Å². The summed E-state index contributed by atoms with van der Waals surface area (Å²) in [5.41, 5.74) is 3.28. The summed E-state index contributed by atoms with van der Waals surface area (Å²) in [5.74, 6) is 0. The second-order valence-corrected chi connectivity index (χ2v) is 7.62. The summed E-state index contributed by atoms with van der Waals surface area (Å²) in [7, 11) is 4.05. The average Bonchev–Trinajstić information content (AvgIpc) is 3.24. The van der Waals surface area contributed by atoms with E-state index >= 15 is 0 Å². The lowest BCUT2D eigenvalue weighted by atomic mass is 10.2. The first-order valence-corrected chi connectivity index (χ1v) is 9.90. The molecule has 27 heavy (non-hydrogen) atoms. The van der Waals surface area contributed by atoms with Gasteiger partial charge in [0.15, 0.2) is 0 Å². The molecule has 1 N–H and O–H groups in total. The summed E-state index contributed by atoms with van der Waals surface area (Å²) >= 11 is 0. The summed E-state index contributed by atoms with van der Waals surface area (Å²) in [5, 5.41) is 4.24. The maximum Gasteiger partial charge on any atom is 0.321 e. The number of nitrogens with one attached hydrogen (secondary N) is 1. The van der Waals surface area contributed by atoms with E-state index in [2.05, 4.69) is 46.8 Å². The number of hydrogen-bond acceptors (Lipinski definition) is 3. The van der Waals surface area contributed by atoms with Crippen molar-refractivity contribution in [3.05, 3.63) is 30.0 Å². The molecule has 0 radical (unpaired) electrons. The molecule has 3 rings (SSSR count). The SMILES string of the molecule is CCn1c(C)cc2cc(NC(=O)N(CCN(C)C)C[C@@H]3CCCO3)ccc21. The summed E-state index contributed by atoms with van der Waals surface area (Å²) < 4.78 is 8.02. The highest BCUT2D eigenvalue weighted by Crippen LogP contribution is 2.23. The lowest BCUT2D eigenvalue weighted by Gasteiger charge is -2.27. The summed E-state index contributed by atoms with van der Waals surface area (Å²) in [6, 6.07) is 8.25. The molecule has 1 fully saturated rings. The van der Waals surface area contributed by atoms with Gasteiger partial charge in [0.25, 0.3) is 0 Å². The number of nitrogens with zero attached hydrogens (tertiary/aromatic N) is 3. The number of fused-ring (bicyclic) bond motifs is 1. The van der Waals surface area contributed by atoms with E-state index in [0.717, 1.165) is 43.6 Å². The lowest BCUT2D eigenvalue weighted by Crippen LogP contribution is -2.43. The van der Waals surface area contributed by atoms with Crippen molar-refractivity contribution in [2.45, 2.75) is 39.3 Å². The third-order valence-corrected chi connectivity index (χ3v) is 5.23. The Morgan fingerprint density at radius 1 is 1.30 bits per heavy atom. The number of rotatable bonds is 7. The van der Waals surface area contributed by atoms with E-state index in [-0.39, 0.29) is 12.1 Å². The van der Waals surface area contributed by atoms with Gasteiger partial charge in [-0.2, -0.15) is 0 Å². The first-order valence-electron chi connectivity index (χ1n) is 9.90. The number of carbonyl (C=O) groups is 1. The van der Waals surface area contributed by atoms with Crippen LogP contribution in [-0.4, -0.2) is 66.8 Å². The van der Waals surface area contributed by atoms with Crippen LogP contribution in [0.2, 0.25) is 0 Å². The van der Waals surface area contributed by atoms with Gasteiger partial charge in [-0.3, -0.25) is 0 Å². The van der Waals surface area contributed by atoms with Crippen molar-refractivity contribution < 1.29 is 9.53 Å². The van der Waals surface area contributed by atoms with Crippen molar-refractivity contribution in [2.24, 2.45) is 0 Å². The molecule has 1 atom stereocenters. The lowest BCUT2D eigenvalue weighted by molar-refractivity contribution is 0.0820. The van der Waals surface area contributed by atoms with E-state index in [9.17, 15) is 4.79 Å². The number of benzene rings is 1. The number of anilines is 1. The highest BCUT2D eigenvalue weighted by molar-refractivity contribution is 5.93. The van der Waals surface area contributed by atoms with Gasteiger partial charge in [0.05, 0.1) is 6.10 Å². The minimum atomic E-state index is -0.0571. The van der Waals surface area contributed by atoms with Crippen molar-refractivity contribution >= 4 is 22.6 Å². The van der Waals surface area contributed by atoms with Crippen LogP contribution in [0.4, 0.5) is 10.5 Å². The van der Waals surface area contributed by atoms with E-state index in [1.165, 1.54) is 11.2 Å². The predicted molar refractivity (Wildman–Crippen MR) is 110 cm³/mol. The van der Waals surface area contributed by atoms with Crippen LogP contribution in [0.5, 0.6) is 0 Å². The molecule has 6 heteroatoms. The van der Waals surface area contributed by atoms with E-state index in [1.54, 1.807) is 0 Å². The maximum absolute atomic E-state index is 12.9. The van der Waals surface area contributed by atoms with Crippen molar-refractivity contribution in [1.82, 2.24) is 14.4 Å². The zero-order valence-corrected chi connectivity index (χ0v) is 17.0. The monoisotopic (exact) mass is 372 g/mol. The second kappa shape index (κ2) is 8.76. The molecule has 2 heterocycles. The highest BCUT2D eigenvalue weighted by Gasteiger charge is 2.22. The fourth-order valence-electron chi connectivity index (χ4n) is 3.74. The third-order valence-electron chi connectivity index (χ3n) is 5.23. The summed E-state index contributed by atoms with van der Waals surface area (Å²) in [6.45, 7) is 8.18. The molecule has 148 valence electrons. The molecule has 1 aliphatic rings. The van der Waals surface area contributed by atoms with Gasteiger partial charge >= 0.3 is 6.03 Å². The van der Waals surface area contributed by atoms with Crippen molar-refractivity contribution in [3.63, 3.8) is 0 Å². The number of likely N-dealkylation sites (N-methyl/N-ethyl adjacent to an activating group) is 1. The topological polar surface area (TPSA) is 49.7 Å². The van der Waals surface area contributed by atoms with Crippen molar-refractivity contribution in [2.75, 3.05) is 45.7 Å². The van der Waals surface area contributed by atoms with Crippen LogP contribution in [0.15, 0.2) is 24.3 Å². The fraction of sp³-hybridized carbons (Fsp3) is 0.571. The predicted octanol–water partition coefficient (Wildman–Crippen LogP) is 3.54. The van der Waals surface area contributed by atoms with Gasteiger partial charge in [0.2, 0.25) is 0 Å². The fourth-order valence-corrected chi connectivity index (χ4v) is 3.74. The average molecular weight is 373 g/mol. The Morgan fingerprint density at radius 2 is 2.11 bits per heavy atom. The highest BCUT2D eigenvalue weighted by atomic mass is 16.5. The molecule has 2 amide bonds. The Labute approximate surface area is 162 Å². The van der Waals surface area contributed by atoms with Crippen LogP contribution < -0.4 is 5.32 Å². The summed E-state index contributed by atoms with van der Waals surface area (Å²) in [6.07, 6.45) is 2.27. The smallest absolute Gasteiger partial charge is 0.321 e. The van der Waals surface area contributed by atoms with Gasteiger partial charge in [-0.05, 0) is 65.0 Å². The Kier molecular flexibility index (Phi) is 6.39. The normalized spacial score (nSPS) is 17.0. The second-order valence-electron chi connectivity index (χ2n) is 7.62. The van der Waals surface area contributed by atoms with Crippen LogP contribution in [0.25, 0.3) is 10.9 Å². The van der Waals surface area contributed by atoms with Crippen molar-refractivity contribution in [3.8, 4) is 0 Å². The number of aromatic nitrogens is 1. The van der Waals surface area contributed by atoms with Crippen LogP contribution in [0, 0.1) is 6.92 Å². The van der Waals surface area contributed by atoms with E-state index < -0.39 is 0 Å². The third kappa shape index (κ3) is 4.82. The zero-order chi connectivity index (χ0) is 19.4. The molecule has 0 aliphatic carbocycles. The number of hydrogen-bond donors (Lipinski definition) is 1. The molecular formula is C21H32N4O2. The minimum absolute atomic E-state index is 0.0571. The molecule has 0 bridgehead atoms. The molecule has 6 nitrogen and oxygen atoms in total. The molecule has 1 aromatic heterocycles. The van der Waals surface area contributed by atoms with Gasteiger partial charge in [-0.1, -0.05) is 0 Å². The Balaban J connectivity index is 1.72. The molecule has 2 aromatic rings. The van der Waals surface area contributed by atoms with E-state index in [1.807, 2.05) is 25.1 Å². The number of carbonyl (C=O) groups excluding carboxylic acids is 1. The van der Waals surface area contributed by atoms with Crippen LogP contribution in [0.1, 0.15) is 25.5 Å². The van der Waals surface area contributed by atoms with Gasteiger partial charge in [-0.25, -0.2) is 4.79 Å². The van der Waals surface area contributed by atoms with Gasteiger partial charge in [0.1, 0.15) is 0 Å². The Hall–Kier alpha value is -2.05. The minimum Gasteiger partial charge on any atom is -0.376 e. The maximum atomic E-state index is 12.9. The van der Waals surface area contributed by atoms with Crippen LogP contribution >= 0.6 is 0 Å². The standard InChI is InChI=1S/C21H32N4O2/c1-5-25-16(2)13-17-14-18(8-9-20(17)25)22-21(26)24(11-10-23(3)4)15-19-7-6-12-27-19/h8-9,13-14,19H,5-7,10-12,15H2,1-4H3,(H,22,26)/t19-/m0/s1. The summed E-state index contributed by atoms with van der Waals surface area (Å²) in [4.78, 5) is 16.9. The molecular weight excluding hydrogens is 340 g/mol. The van der Waals surface area contributed by atoms with Crippen molar-refractivity contribution in [1.29, 1.82) is 0 Å². The number of amides is 2. The number of aryl methyl sites for hydroxylation is 2. The van der Waals surface area contributed by atoms with Gasteiger partial charge in [0, 0.05) is 55.1 Å². The van der Waals surface area contributed by atoms with E-state index in [0.29, 0.717) is 13.1 Å². The number of ether oxygens (including phenoxy) is 1. The Bertz CT molecular complexity index is 778. The van der Waals surface area contributed by atoms with Crippen LogP contribution in [-0.2, 0) is 11.3 Å². The largest absolute Gasteiger partial charge is 0.376 e. The first-order chi connectivity index (χ1) is 13.0. The molecule has 0 spiro atoms. The Morgan fingerprint density at radius 3 is 2.78 bits per heavy atom. The van der Waals surface area contributed by atoms with E-state index in [4.69, 9.17) is 4.74 Å². The quantitative estimate of drug-likeness (QED) is 0.809. The zero-order valence-electron chi connectivity index (χ0n) is 17.0. The van der Waals surface area contributed by atoms with Crippen LogP contribution in [0.3, 0.4) is 0 Å². The molecule has 1 aromatic carbocycles. The molecule has 1 aliphatic heterocycles. The molecule has 0 saturated carbocycles. The number of urea groups is 1. The molecule has 1 saturated heterocycles. The van der Waals surface area contributed by atoms with Gasteiger partial charge < -0.3 is 24.4 Å². The first kappa shape index (κ1) is 19.7.